The summed E-state index contributed by atoms with van der Waals surface area (Å²) in [5.41, 5.74) is 0. The first kappa shape index (κ1) is 21.4. The zero-order valence-electron chi connectivity index (χ0n) is 14.1. The van der Waals surface area contributed by atoms with Crippen LogP contribution in [-0.2, 0) is 0 Å². The summed E-state index contributed by atoms with van der Waals surface area (Å²) < 4.78 is 1.11. The van der Waals surface area contributed by atoms with Crippen molar-refractivity contribution in [1.29, 1.82) is 0 Å². The van der Waals surface area contributed by atoms with Crippen LogP contribution in [0.1, 0.15) is 29.4 Å². The average Bonchev–Trinajstić information content (AvgIpc) is 3.18. The highest BCUT2D eigenvalue weighted by Crippen LogP contribution is 2.34. The van der Waals surface area contributed by atoms with Crippen LogP contribution in [0.4, 0.5) is 5.13 Å². The maximum absolute atomic E-state index is 12.9. The summed E-state index contributed by atoms with van der Waals surface area (Å²) in [6.45, 7) is 4.87. The lowest BCUT2D eigenvalue weighted by Gasteiger charge is -2.27. The fraction of sp³-hybridized carbons (Fsp3) is 0.600. The Morgan fingerprint density at radius 2 is 2.12 bits per heavy atom. The second kappa shape index (κ2) is 9.20. The minimum Gasteiger partial charge on any atom is -0.354 e. The van der Waals surface area contributed by atoms with Crippen molar-refractivity contribution in [2.24, 2.45) is 0 Å². The van der Waals surface area contributed by atoms with Gasteiger partial charge in [0.25, 0.3) is 5.91 Å². The van der Waals surface area contributed by atoms with Gasteiger partial charge < -0.3 is 15.1 Å². The summed E-state index contributed by atoms with van der Waals surface area (Å²) in [7, 11) is 3.98. The van der Waals surface area contributed by atoms with Gasteiger partial charge in [-0.2, -0.15) is 0 Å². The first-order chi connectivity index (χ1) is 10.6. The van der Waals surface area contributed by atoms with Crippen molar-refractivity contribution in [1.82, 2.24) is 15.2 Å². The van der Waals surface area contributed by atoms with Crippen LogP contribution in [0.25, 0.3) is 9.53 Å². The lowest BCUT2D eigenvalue weighted by molar-refractivity contribution is 0.0697. The van der Waals surface area contributed by atoms with Crippen LogP contribution in [0.2, 0.25) is 0 Å². The van der Waals surface area contributed by atoms with Gasteiger partial charge in [0, 0.05) is 33.2 Å². The number of halogens is 2. The Morgan fingerprint density at radius 1 is 1.38 bits per heavy atom. The topological polar surface area (TPSA) is 48.5 Å². The number of aromatic nitrogens is 1. The predicted molar refractivity (Wildman–Crippen MR) is 109 cm³/mol. The highest BCUT2D eigenvalue weighted by atomic mass is 35.5. The SMILES string of the molecule is CCCN(C(=O)c1cc2sc(N(C)C)nc2s1)C1CCNC1.Cl.Cl. The number of amides is 1. The zero-order chi connectivity index (χ0) is 15.7. The molecule has 0 spiro atoms. The van der Waals surface area contributed by atoms with E-state index in [-0.39, 0.29) is 30.7 Å². The van der Waals surface area contributed by atoms with Gasteiger partial charge in [0.05, 0.1) is 9.58 Å². The summed E-state index contributed by atoms with van der Waals surface area (Å²) in [5.74, 6) is 0.164. The Kier molecular flexibility index (Phi) is 8.22. The number of nitrogens with zero attached hydrogens (tertiary/aromatic N) is 3. The predicted octanol–water partition coefficient (Wildman–Crippen LogP) is 3.48. The summed E-state index contributed by atoms with van der Waals surface area (Å²) in [6, 6.07) is 2.34. The Labute approximate surface area is 163 Å². The average molecular weight is 411 g/mol. The van der Waals surface area contributed by atoms with E-state index in [1.54, 1.807) is 11.3 Å². The van der Waals surface area contributed by atoms with E-state index in [0.29, 0.717) is 6.04 Å². The molecule has 136 valence electrons. The van der Waals surface area contributed by atoms with Gasteiger partial charge in [-0.15, -0.1) is 36.2 Å². The lowest BCUT2D eigenvalue weighted by Crippen LogP contribution is -2.41. The number of thiophene rings is 1. The Hall–Kier alpha value is -0.600. The number of carbonyl (C=O) groups excluding carboxylic acids is 1. The molecule has 1 aliphatic heterocycles. The van der Waals surface area contributed by atoms with Gasteiger partial charge in [-0.05, 0) is 25.5 Å². The standard InChI is InChI=1S/C15H22N4OS2.2ClH/c1-4-7-19(10-5-6-16-9-10)14(20)12-8-11-13(21-12)17-15(22-11)18(2)3;;/h8,10,16H,4-7,9H2,1-3H3;2*1H. The quantitative estimate of drug-likeness (QED) is 0.819. The van der Waals surface area contributed by atoms with Crippen LogP contribution in [0.3, 0.4) is 0 Å². The number of fused-ring (bicyclic) bond motifs is 1. The lowest BCUT2D eigenvalue weighted by atomic mass is 10.2. The molecule has 9 heteroatoms. The third-order valence-electron chi connectivity index (χ3n) is 3.87. The molecule has 0 aliphatic carbocycles. The maximum Gasteiger partial charge on any atom is 0.264 e. The fourth-order valence-corrected chi connectivity index (χ4v) is 4.85. The molecule has 0 radical (unpaired) electrons. The van der Waals surface area contributed by atoms with Crippen molar-refractivity contribution in [2.75, 3.05) is 38.6 Å². The minimum atomic E-state index is 0. The molecule has 0 saturated carbocycles. The molecule has 2 aromatic heterocycles. The highest BCUT2D eigenvalue weighted by Gasteiger charge is 2.28. The van der Waals surface area contributed by atoms with Gasteiger partial charge in [0.15, 0.2) is 5.13 Å². The smallest absolute Gasteiger partial charge is 0.264 e. The van der Waals surface area contributed by atoms with Crippen molar-refractivity contribution >= 4 is 68.1 Å². The first-order valence-electron chi connectivity index (χ1n) is 7.69. The van der Waals surface area contributed by atoms with Gasteiger partial charge >= 0.3 is 0 Å². The number of nitrogens with one attached hydrogen (secondary N) is 1. The third kappa shape index (κ3) is 4.32. The van der Waals surface area contributed by atoms with E-state index in [1.165, 1.54) is 11.3 Å². The van der Waals surface area contributed by atoms with Crippen molar-refractivity contribution in [3.8, 4) is 0 Å². The van der Waals surface area contributed by atoms with Crippen molar-refractivity contribution in [3.63, 3.8) is 0 Å². The molecule has 0 bridgehead atoms. The van der Waals surface area contributed by atoms with Crippen molar-refractivity contribution < 1.29 is 4.79 Å². The minimum absolute atomic E-state index is 0. The van der Waals surface area contributed by atoms with E-state index in [1.807, 2.05) is 30.0 Å². The van der Waals surface area contributed by atoms with E-state index >= 15 is 0 Å². The van der Waals surface area contributed by atoms with Crippen LogP contribution >= 0.6 is 47.5 Å². The molecule has 24 heavy (non-hydrogen) atoms. The van der Waals surface area contributed by atoms with E-state index in [9.17, 15) is 4.79 Å². The molecule has 5 nitrogen and oxygen atoms in total. The van der Waals surface area contributed by atoms with Crippen molar-refractivity contribution in [2.45, 2.75) is 25.8 Å². The van der Waals surface area contributed by atoms with Gasteiger partial charge in [-0.3, -0.25) is 4.79 Å². The summed E-state index contributed by atoms with van der Waals surface area (Å²) in [6.07, 6.45) is 2.04. The molecule has 1 amide bonds. The molecule has 1 saturated heterocycles. The van der Waals surface area contributed by atoms with Crippen molar-refractivity contribution in [3.05, 3.63) is 10.9 Å². The molecule has 1 aliphatic rings. The van der Waals surface area contributed by atoms with E-state index in [0.717, 1.165) is 52.0 Å². The van der Waals surface area contributed by atoms with Gasteiger partial charge in [0.1, 0.15) is 4.83 Å². The molecule has 3 rings (SSSR count). The van der Waals surface area contributed by atoms with Crippen LogP contribution in [0, 0.1) is 0 Å². The molecule has 1 atom stereocenters. The van der Waals surface area contributed by atoms with Gasteiger partial charge in [0.2, 0.25) is 0 Å². The maximum atomic E-state index is 12.9. The van der Waals surface area contributed by atoms with E-state index in [4.69, 9.17) is 0 Å². The van der Waals surface area contributed by atoms with Crippen LogP contribution in [0.5, 0.6) is 0 Å². The zero-order valence-corrected chi connectivity index (χ0v) is 17.3. The van der Waals surface area contributed by atoms with E-state index < -0.39 is 0 Å². The van der Waals surface area contributed by atoms with Gasteiger partial charge in [-0.25, -0.2) is 4.98 Å². The van der Waals surface area contributed by atoms with Crippen LogP contribution in [0.15, 0.2) is 6.07 Å². The first-order valence-corrected chi connectivity index (χ1v) is 9.32. The Morgan fingerprint density at radius 3 is 2.67 bits per heavy atom. The summed E-state index contributed by atoms with van der Waals surface area (Å²) in [4.78, 5) is 23.3. The summed E-state index contributed by atoms with van der Waals surface area (Å²) >= 11 is 3.16. The Bertz CT molecular complexity index is 636. The number of rotatable bonds is 5. The van der Waals surface area contributed by atoms with E-state index in [2.05, 4.69) is 17.2 Å². The Balaban J connectivity index is 0.00000144. The molecule has 0 aromatic carbocycles. The monoisotopic (exact) mass is 410 g/mol. The third-order valence-corrected chi connectivity index (χ3v) is 6.19. The second-order valence-corrected chi connectivity index (χ2v) is 7.86. The number of hydrogen-bond donors (Lipinski definition) is 1. The molecule has 3 heterocycles. The molecule has 1 unspecified atom stereocenters. The summed E-state index contributed by atoms with van der Waals surface area (Å²) in [5, 5.41) is 4.34. The number of carbonyl (C=O) groups is 1. The molecule has 1 N–H and O–H groups in total. The number of hydrogen-bond acceptors (Lipinski definition) is 6. The number of anilines is 1. The van der Waals surface area contributed by atoms with Crippen LogP contribution < -0.4 is 10.2 Å². The second-order valence-electron chi connectivity index (χ2n) is 5.82. The molecular formula is C15H24Cl2N4OS2. The van der Waals surface area contributed by atoms with Crippen LogP contribution in [-0.4, -0.2) is 55.6 Å². The number of thiazole rings is 1. The molecule has 2 aromatic rings. The van der Waals surface area contributed by atoms with Gasteiger partial charge in [-0.1, -0.05) is 18.3 Å². The normalized spacial score (nSPS) is 16.5. The molecule has 1 fully saturated rings. The highest BCUT2D eigenvalue weighted by molar-refractivity contribution is 7.29. The molecular weight excluding hydrogens is 387 g/mol. The fourth-order valence-electron chi connectivity index (χ4n) is 2.76. The largest absolute Gasteiger partial charge is 0.354 e.